The third-order valence-corrected chi connectivity index (χ3v) is 4.12. The molecule has 0 fully saturated rings. The summed E-state index contributed by atoms with van der Waals surface area (Å²) in [6.07, 6.45) is 2.25. The second kappa shape index (κ2) is 5.88. The van der Waals surface area contributed by atoms with E-state index in [1.165, 1.54) is 12.1 Å². The van der Waals surface area contributed by atoms with Gasteiger partial charge in [0.1, 0.15) is 17.2 Å². The van der Waals surface area contributed by atoms with Gasteiger partial charge in [-0.1, -0.05) is 11.2 Å². The first-order valence-electron chi connectivity index (χ1n) is 7.66. The molecule has 6 heteroatoms. The number of halogens is 1. The van der Waals surface area contributed by atoms with Crippen LogP contribution in [0.5, 0.6) is 0 Å². The molecule has 1 amide bonds. The van der Waals surface area contributed by atoms with E-state index < -0.39 is 0 Å². The zero-order chi connectivity index (χ0) is 16.5. The van der Waals surface area contributed by atoms with E-state index in [1.54, 1.807) is 41.4 Å². The SMILES string of the molecule is O=C(c1ccccn1)N1CCc2c(noc2-c2ccc(F)cc2)C1. The van der Waals surface area contributed by atoms with E-state index in [0.717, 1.165) is 16.8 Å². The van der Waals surface area contributed by atoms with Gasteiger partial charge < -0.3 is 9.42 Å². The number of hydrogen-bond donors (Lipinski definition) is 0. The average molecular weight is 323 g/mol. The molecule has 0 aliphatic carbocycles. The van der Waals surface area contributed by atoms with Crippen LogP contribution in [-0.4, -0.2) is 27.5 Å². The Morgan fingerprint density at radius 3 is 2.75 bits per heavy atom. The van der Waals surface area contributed by atoms with Gasteiger partial charge in [-0.05, 0) is 42.8 Å². The van der Waals surface area contributed by atoms with Crippen molar-refractivity contribution in [2.24, 2.45) is 0 Å². The summed E-state index contributed by atoms with van der Waals surface area (Å²) in [7, 11) is 0. The number of benzene rings is 1. The number of fused-ring (bicyclic) bond motifs is 1. The minimum Gasteiger partial charge on any atom is -0.356 e. The van der Waals surface area contributed by atoms with Crippen LogP contribution in [0.3, 0.4) is 0 Å². The maximum Gasteiger partial charge on any atom is 0.272 e. The molecule has 24 heavy (non-hydrogen) atoms. The fourth-order valence-electron chi connectivity index (χ4n) is 2.88. The first-order valence-corrected chi connectivity index (χ1v) is 7.66. The average Bonchev–Trinajstić information content (AvgIpc) is 3.05. The lowest BCUT2D eigenvalue weighted by molar-refractivity contribution is 0.0725. The molecular weight excluding hydrogens is 309 g/mol. The van der Waals surface area contributed by atoms with Crippen LogP contribution < -0.4 is 0 Å². The molecule has 4 rings (SSSR count). The van der Waals surface area contributed by atoms with Gasteiger partial charge in [0.25, 0.3) is 5.91 Å². The van der Waals surface area contributed by atoms with Crippen molar-refractivity contribution in [3.05, 3.63) is 71.4 Å². The molecule has 2 aromatic heterocycles. The van der Waals surface area contributed by atoms with E-state index in [2.05, 4.69) is 10.1 Å². The molecule has 0 saturated heterocycles. The molecule has 0 N–H and O–H groups in total. The summed E-state index contributed by atoms with van der Waals surface area (Å²) < 4.78 is 18.5. The van der Waals surface area contributed by atoms with Gasteiger partial charge in [-0.3, -0.25) is 9.78 Å². The first kappa shape index (κ1) is 14.6. The van der Waals surface area contributed by atoms with Gasteiger partial charge in [-0.25, -0.2) is 4.39 Å². The van der Waals surface area contributed by atoms with Crippen LogP contribution in [0.2, 0.25) is 0 Å². The summed E-state index contributed by atoms with van der Waals surface area (Å²) in [6, 6.07) is 11.4. The predicted molar refractivity (Wildman–Crippen MR) is 84.6 cm³/mol. The van der Waals surface area contributed by atoms with E-state index in [0.29, 0.717) is 31.0 Å². The van der Waals surface area contributed by atoms with E-state index in [4.69, 9.17) is 4.52 Å². The fourth-order valence-corrected chi connectivity index (χ4v) is 2.88. The maximum atomic E-state index is 13.1. The molecular formula is C18H14FN3O2. The topological polar surface area (TPSA) is 59.2 Å². The Labute approximate surface area is 137 Å². The second-order valence-electron chi connectivity index (χ2n) is 5.64. The summed E-state index contributed by atoms with van der Waals surface area (Å²) in [5.74, 6) is 0.238. The highest BCUT2D eigenvalue weighted by Crippen LogP contribution is 2.30. The lowest BCUT2D eigenvalue weighted by Gasteiger charge is -2.25. The number of rotatable bonds is 2. The number of carbonyl (C=O) groups excluding carboxylic acids is 1. The van der Waals surface area contributed by atoms with E-state index in [-0.39, 0.29) is 11.7 Å². The largest absolute Gasteiger partial charge is 0.356 e. The van der Waals surface area contributed by atoms with Gasteiger partial charge >= 0.3 is 0 Å². The van der Waals surface area contributed by atoms with Crippen LogP contribution in [-0.2, 0) is 13.0 Å². The summed E-state index contributed by atoms with van der Waals surface area (Å²) in [5.41, 5.74) is 2.93. The highest BCUT2D eigenvalue weighted by molar-refractivity contribution is 5.92. The molecule has 120 valence electrons. The van der Waals surface area contributed by atoms with Gasteiger partial charge in [0.15, 0.2) is 5.76 Å². The van der Waals surface area contributed by atoms with Crippen molar-refractivity contribution in [2.45, 2.75) is 13.0 Å². The molecule has 0 saturated carbocycles. The Morgan fingerprint density at radius 1 is 1.17 bits per heavy atom. The Kier molecular flexibility index (Phi) is 3.57. The summed E-state index contributed by atoms with van der Waals surface area (Å²) >= 11 is 0. The smallest absolute Gasteiger partial charge is 0.272 e. The third kappa shape index (κ3) is 2.56. The molecule has 0 unspecified atom stereocenters. The van der Waals surface area contributed by atoms with Gasteiger partial charge in [-0.15, -0.1) is 0 Å². The van der Waals surface area contributed by atoms with Crippen LogP contribution in [0.25, 0.3) is 11.3 Å². The Morgan fingerprint density at radius 2 is 2.00 bits per heavy atom. The summed E-state index contributed by atoms with van der Waals surface area (Å²) in [5, 5.41) is 4.10. The zero-order valence-electron chi connectivity index (χ0n) is 12.8. The molecule has 1 aliphatic rings. The number of carbonyl (C=O) groups is 1. The number of nitrogens with zero attached hydrogens (tertiary/aromatic N) is 3. The van der Waals surface area contributed by atoms with Crippen molar-refractivity contribution >= 4 is 5.91 Å². The number of aromatic nitrogens is 2. The number of amides is 1. The van der Waals surface area contributed by atoms with Crippen LogP contribution >= 0.6 is 0 Å². The standard InChI is InChI=1S/C18H14FN3O2/c19-13-6-4-12(5-7-13)17-14-8-10-22(11-16(14)21-24-17)18(23)15-3-1-2-9-20-15/h1-7,9H,8,10-11H2. The lowest BCUT2D eigenvalue weighted by atomic mass is 10.0. The van der Waals surface area contributed by atoms with Crippen LogP contribution in [0, 0.1) is 5.82 Å². The van der Waals surface area contributed by atoms with Crippen LogP contribution in [0.4, 0.5) is 4.39 Å². The summed E-state index contributed by atoms with van der Waals surface area (Å²) in [6.45, 7) is 0.952. The van der Waals surface area contributed by atoms with Gasteiger partial charge in [-0.2, -0.15) is 0 Å². The Bertz CT molecular complexity index is 875. The van der Waals surface area contributed by atoms with Gasteiger partial charge in [0, 0.05) is 23.9 Å². The van der Waals surface area contributed by atoms with Crippen molar-refractivity contribution in [3.8, 4) is 11.3 Å². The quantitative estimate of drug-likeness (QED) is 0.727. The summed E-state index contributed by atoms with van der Waals surface area (Å²) in [4.78, 5) is 18.3. The minimum atomic E-state index is -0.292. The molecule has 0 radical (unpaired) electrons. The normalized spacial score (nSPS) is 13.6. The lowest BCUT2D eigenvalue weighted by Crippen LogP contribution is -2.36. The minimum absolute atomic E-state index is 0.118. The first-order chi connectivity index (χ1) is 11.7. The monoisotopic (exact) mass is 323 g/mol. The maximum absolute atomic E-state index is 13.1. The molecule has 3 heterocycles. The highest BCUT2D eigenvalue weighted by atomic mass is 19.1. The van der Waals surface area contributed by atoms with E-state index >= 15 is 0 Å². The van der Waals surface area contributed by atoms with Gasteiger partial charge in [0.05, 0.1) is 6.54 Å². The third-order valence-electron chi connectivity index (χ3n) is 4.12. The highest BCUT2D eigenvalue weighted by Gasteiger charge is 2.28. The molecule has 0 atom stereocenters. The molecule has 1 aromatic carbocycles. The Balaban J connectivity index is 1.59. The molecule has 3 aromatic rings. The van der Waals surface area contributed by atoms with Crippen molar-refractivity contribution in [3.63, 3.8) is 0 Å². The van der Waals surface area contributed by atoms with Crippen molar-refractivity contribution in [1.82, 2.24) is 15.0 Å². The predicted octanol–water partition coefficient (Wildman–Crippen LogP) is 3.07. The van der Waals surface area contributed by atoms with E-state index in [9.17, 15) is 9.18 Å². The molecule has 0 spiro atoms. The van der Waals surface area contributed by atoms with Crippen molar-refractivity contribution in [2.75, 3.05) is 6.54 Å². The molecule has 1 aliphatic heterocycles. The Hall–Kier alpha value is -3.02. The molecule has 5 nitrogen and oxygen atoms in total. The fraction of sp³-hybridized carbons (Fsp3) is 0.167. The second-order valence-corrected chi connectivity index (χ2v) is 5.64. The number of hydrogen-bond acceptors (Lipinski definition) is 4. The van der Waals surface area contributed by atoms with E-state index in [1.807, 2.05) is 0 Å². The molecule has 0 bridgehead atoms. The zero-order valence-corrected chi connectivity index (χ0v) is 12.8. The number of pyridine rings is 1. The van der Waals surface area contributed by atoms with Gasteiger partial charge in [0.2, 0.25) is 0 Å². The van der Waals surface area contributed by atoms with Crippen molar-refractivity contribution < 1.29 is 13.7 Å². The van der Waals surface area contributed by atoms with Crippen LogP contribution in [0.15, 0.2) is 53.2 Å². The van der Waals surface area contributed by atoms with Crippen LogP contribution in [0.1, 0.15) is 21.7 Å². The van der Waals surface area contributed by atoms with Crippen molar-refractivity contribution in [1.29, 1.82) is 0 Å².